The third-order valence-electron chi connectivity index (χ3n) is 3.27. The number of nitrogens with one attached hydrogen (secondary N) is 1. The van der Waals surface area contributed by atoms with E-state index in [0.717, 1.165) is 31.0 Å². The summed E-state index contributed by atoms with van der Waals surface area (Å²) in [5.41, 5.74) is 4.47. The normalized spacial score (nSPS) is 24.4. The van der Waals surface area contributed by atoms with Crippen LogP contribution >= 0.6 is 0 Å². The van der Waals surface area contributed by atoms with Gasteiger partial charge >= 0.3 is 0 Å². The van der Waals surface area contributed by atoms with Crippen molar-refractivity contribution in [3.05, 3.63) is 24.0 Å². The van der Waals surface area contributed by atoms with Crippen molar-refractivity contribution >= 4 is 5.69 Å². The molecule has 1 saturated heterocycles. The van der Waals surface area contributed by atoms with Crippen molar-refractivity contribution in [3.63, 3.8) is 0 Å². The van der Waals surface area contributed by atoms with Crippen molar-refractivity contribution in [2.24, 2.45) is 5.84 Å². The fourth-order valence-corrected chi connectivity index (χ4v) is 2.28. The second kappa shape index (κ2) is 6.10. The highest BCUT2D eigenvalue weighted by atomic mass is 16.5. The molecule has 1 aromatic rings. The van der Waals surface area contributed by atoms with Gasteiger partial charge in [0, 0.05) is 40.1 Å². The summed E-state index contributed by atoms with van der Waals surface area (Å²) in [7, 11) is 3.44. The molecule has 0 spiro atoms. The lowest BCUT2D eigenvalue weighted by molar-refractivity contribution is -0.00461. The average molecular weight is 252 g/mol. The molecule has 0 saturated carbocycles. The van der Waals surface area contributed by atoms with Gasteiger partial charge in [0.2, 0.25) is 0 Å². The summed E-state index contributed by atoms with van der Waals surface area (Å²) in [6.45, 7) is 2.49. The Bertz CT molecular complexity index is 376. The van der Waals surface area contributed by atoms with Crippen LogP contribution in [0.3, 0.4) is 0 Å². The molecule has 6 heteroatoms. The van der Waals surface area contributed by atoms with E-state index in [0.29, 0.717) is 0 Å². The molecular weight excluding hydrogens is 232 g/mol. The number of aromatic nitrogens is 1. The molecule has 1 aliphatic heterocycles. The van der Waals surface area contributed by atoms with E-state index in [-0.39, 0.29) is 12.2 Å². The standard InChI is InChI=1S/C12H20N4O2/c1-17-11-7-16(8-12(11)18-2)6-10-5-9(15-13)3-4-14-10/h3-5,11-12H,6-8,13H2,1-2H3,(H,14,15). The zero-order valence-corrected chi connectivity index (χ0v) is 10.8. The first kappa shape index (κ1) is 13.2. The summed E-state index contributed by atoms with van der Waals surface area (Å²) >= 11 is 0. The molecule has 2 atom stereocenters. The van der Waals surface area contributed by atoms with Crippen molar-refractivity contribution in [2.45, 2.75) is 18.8 Å². The summed E-state index contributed by atoms with van der Waals surface area (Å²) in [6, 6.07) is 3.78. The highest BCUT2D eigenvalue weighted by Crippen LogP contribution is 2.18. The number of pyridine rings is 1. The first-order valence-electron chi connectivity index (χ1n) is 5.96. The molecule has 1 aliphatic rings. The fraction of sp³-hybridized carbons (Fsp3) is 0.583. The number of nitrogens with two attached hydrogens (primary N) is 1. The Morgan fingerprint density at radius 2 is 2.06 bits per heavy atom. The number of nitrogens with zero attached hydrogens (tertiary/aromatic N) is 2. The van der Waals surface area contributed by atoms with Crippen LogP contribution in [0.25, 0.3) is 0 Å². The molecule has 0 radical (unpaired) electrons. The fourth-order valence-electron chi connectivity index (χ4n) is 2.28. The van der Waals surface area contributed by atoms with Crippen molar-refractivity contribution in [3.8, 4) is 0 Å². The molecule has 0 aliphatic carbocycles. The third kappa shape index (κ3) is 2.97. The molecule has 0 amide bonds. The van der Waals surface area contributed by atoms with Crippen LogP contribution in [0, 0.1) is 0 Å². The van der Waals surface area contributed by atoms with Gasteiger partial charge in [-0.2, -0.15) is 0 Å². The maximum atomic E-state index is 5.41. The van der Waals surface area contributed by atoms with Gasteiger partial charge in [-0.05, 0) is 12.1 Å². The topological polar surface area (TPSA) is 72.6 Å². The Morgan fingerprint density at radius 3 is 2.61 bits per heavy atom. The van der Waals surface area contributed by atoms with E-state index in [9.17, 15) is 0 Å². The minimum absolute atomic E-state index is 0.130. The highest BCUT2D eigenvalue weighted by molar-refractivity contribution is 5.41. The van der Waals surface area contributed by atoms with E-state index in [4.69, 9.17) is 15.3 Å². The number of hydrazine groups is 1. The van der Waals surface area contributed by atoms with Crippen molar-refractivity contribution in [2.75, 3.05) is 32.7 Å². The largest absolute Gasteiger partial charge is 0.377 e. The van der Waals surface area contributed by atoms with Gasteiger partial charge in [0.15, 0.2) is 0 Å². The van der Waals surface area contributed by atoms with Crippen LogP contribution in [0.15, 0.2) is 18.3 Å². The number of hydrogen-bond acceptors (Lipinski definition) is 6. The smallest absolute Gasteiger partial charge is 0.0971 e. The molecule has 0 aromatic carbocycles. The molecule has 1 fully saturated rings. The van der Waals surface area contributed by atoms with Gasteiger partial charge in [0.1, 0.15) is 0 Å². The minimum atomic E-state index is 0.130. The monoisotopic (exact) mass is 252 g/mol. The molecule has 100 valence electrons. The van der Waals surface area contributed by atoms with Gasteiger partial charge in [-0.25, -0.2) is 0 Å². The van der Waals surface area contributed by atoms with Crippen molar-refractivity contribution in [1.82, 2.24) is 9.88 Å². The van der Waals surface area contributed by atoms with E-state index in [1.54, 1.807) is 20.4 Å². The SMILES string of the molecule is COC1CN(Cc2cc(NN)ccn2)CC1OC. The first-order chi connectivity index (χ1) is 8.76. The number of methoxy groups -OCH3 is 2. The van der Waals surface area contributed by atoms with E-state index < -0.39 is 0 Å². The number of ether oxygens (including phenoxy) is 2. The zero-order chi connectivity index (χ0) is 13.0. The summed E-state index contributed by atoms with van der Waals surface area (Å²) in [6.07, 6.45) is 2.01. The van der Waals surface area contributed by atoms with Gasteiger partial charge in [-0.3, -0.25) is 15.7 Å². The van der Waals surface area contributed by atoms with Gasteiger partial charge in [0.25, 0.3) is 0 Å². The predicted octanol–water partition coefficient (Wildman–Crippen LogP) is 0.213. The molecule has 1 aromatic heterocycles. The quantitative estimate of drug-likeness (QED) is 0.576. The zero-order valence-electron chi connectivity index (χ0n) is 10.8. The number of anilines is 1. The number of nitrogen functional groups attached to an aromatic ring is 1. The Labute approximate surface area is 107 Å². The number of likely N-dealkylation sites (tertiary alicyclic amines) is 1. The van der Waals surface area contributed by atoms with Gasteiger partial charge in [0.05, 0.1) is 23.6 Å². The third-order valence-corrected chi connectivity index (χ3v) is 3.27. The molecule has 3 N–H and O–H groups in total. The van der Waals surface area contributed by atoms with Crippen LogP contribution in [0.4, 0.5) is 5.69 Å². The summed E-state index contributed by atoms with van der Waals surface area (Å²) in [5.74, 6) is 5.38. The summed E-state index contributed by atoms with van der Waals surface area (Å²) in [4.78, 5) is 6.60. The lowest BCUT2D eigenvalue weighted by Gasteiger charge is -2.14. The van der Waals surface area contributed by atoms with Gasteiger partial charge < -0.3 is 14.9 Å². The van der Waals surface area contributed by atoms with E-state index >= 15 is 0 Å². The second-order valence-corrected chi connectivity index (χ2v) is 4.42. The van der Waals surface area contributed by atoms with Crippen LogP contribution in [0.5, 0.6) is 0 Å². The average Bonchev–Trinajstić information content (AvgIpc) is 2.81. The van der Waals surface area contributed by atoms with E-state index in [2.05, 4.69) is 15.3 Å². The van der Waals surface area contributed by atoms with Crippen LogP contribution in [0.2, 0.25) is 0 Å². The molecule has 18 heavy (non-hydrogen) atoms. The molecule has 6 nitrogen and oxygen atoms in total. The first-order valence-corrected chi connectivity index (χ1v) is 5.96. The summed E-state index contributed by atoms with van der Waals surface area (Å²) in [5, 5.41) is 0. The maximum Gasteiger partial charge on any atom is 0.0971 e. The van der Waals surface area contributed by atoms with Crippen molar-refractivity contribution < 1.29 is 9.47 Å². The van der Waals surface area contributed by atoms with Crippen molar-refractivity contribution in [1.29, 1.82) is 0 Å². The Balaban J connectivity index is 1.97. The number of rotatable bonds is 5. The minimum Gasteiger partial charge on any atom is -0.377 e. The molecule has 2 heterocycles. The van der Waals surface area contributed by atoms with E-state index in [1.807, 2.05) is 12.1 Å². The predicted molar refractivity (Wildman–Crippen MR) is 68.9 cm³/mol. The Hall–Kier alpha value is -1.21. The van der Waals surface area contributed by atoms with Crippen LogP contribution in [0.1, 0.15) is 5.69 Å². The molecule has 0 bridgehead atoms. The van der Waals surface area contributed by atoms with Crippen LogP contribution < -0.4 is 11.3 Å². The molecule has 2 rings (SSSR count). The number of hydrogen-bond donors (Lipinski definition) is 2. The Morgan fingerprint density at radius 1 is 1.39 bits per heavy atom. The van der Waals surface area contributed by atoms with Gasteiger partial charge in [-0.15, -0.1) is 0 Å². The maximum absolute atomic E-state index is 5.41. The van der Waals surface area contributed by atoms with Gasteiger partial charge in [-0.1, -0.05) is 0 Å². The van der Waals surface area contributed by atoms with E-state index in [1.165, 1.54) is 0 Å². The molecular formula is C12H20N4O2. The van der Waals surface area contributed by atoms with Crippen LogP contribution in [-0.2, 0) is 16.0 Å². The Kier molecular flexibility index (Phi) is 4.48. The molecule has 2 unspecified atom stereocenters. The van der Waals surface area contributed by atoms with Crippen LogP contribution in [-0.4, -0.2) is 49.4 Å². The summed E-state index contributed by atoms with van der Waals surface area (Å²) < 4.78 is 10.8. The highest BCUT2D eigenvalue weighted by Gasteiger charge is 2.32. The lowest BCUT2D eigenvalue weighted by Crippen LogP contribution is -2.27. The second-order valence-electron chi connectivity index (χ2n) is 4.42. The lowest BCUT2D eigenvalue weighted by atomic mass is 10.3.